The van der Waals surface area contributed by atoms with Crippen molar-refractivity contribution in [1.82, 2.24) is 24.6 Å². The van der Waals surface area contributed by atoms with Crippen molar-refractivity contribution in [2.45, 2.75) is 19.4 Å². The Kier molecular flexibility index (Phi) is 7.17. The molecule has 12 nitrogen and oxygen atoms in total. The molecule has 1 aliphatic heterocycles. The Morgan fingerprint density at radius 1 is 1.29 bits per heavy atom. The van der Waals surface area contributed by atoms with Gasteiger partial charge in [0.1, 0.15) is 24.1 Å². The highest BCUT2D eigenvalue weighted by Crippen LogP contribution is 2.44. The average molecular weight is 492 g/mol. The number of rotatable bonds is 10. The molecule has 0 spiro atoms. The number of para-hydroxylation sites is 1. The zero-order valence-electron chi connectivity index (χ0n) is 18.0. The normalized spacial score (nSPS) is 19.5. The molecular formula is C20H22FN6O6P. The monoisotopic (exact) mass is 492 g/mol. The fourth-order valence-electron chi connectivity index (χ4n) is 3.10. The Bertz CT molecular complexity index is 1240. The molecule has 14 heteroatoms. The minimum atomic E-state index is -3.78. The van der Waals surface area contributed by atoms with Crippen LogP contribution in [0.2, 0.25) is 0 Å². The number of fused-ring (bicyclic) bond motifs is 1. The summed E-state index contributed by atoms with van der Waals surface area (Å²) in [4.78, 5) is 23.7. The van der Waals surface area contributed by atoms with Gasteiger partial charge in [-0.05, 0) is 19.1 Å². The molecule has 180 valence electrons. The van der Waals surface area contributed by atoms with Crippen molar-refractivity contribution in [1.29, 1.82) is 0 Å². The summed E-state index contributed by atoms with van der Waals surface area (Å²) in [5.74, 6) is -0.846. The van der Waals surface area contributed by atoms with Crippen molar-refractivity contribution in [2.75, 3.05) is 25.2 Å². The van der Waals surface area contributed by atoms with Crippen LogP contribution in [0, 0.1) is 0 Å². The Balaban J connectivity index is 1.45. The van der Waals surface area contributed by atoms with Crippen molar-refractivity contribution in [3.63, 3.8) is 0 Å². The van der Waals surface area contributed by atoms with E-state index in [1.165, 1.54) is 17.2 Å². The molecule has 0 radical (unpaired) electrons. The van der Waals surface area contributed by atoms with E-state index in [2.05, 4.69) is 20.0 Å². The van der Waals surface area contributed by atoms with Crippen LogP contribution in [-0.2, 0) is 23.6 Å². The number of carbonyl (C=O) groups is 1. The molecule has 3 N–H and O–H groups in total. The number of nitrogens with zero attached hydrogens (tertiary/aromatic N) is 4. The lowest BCUT2D eigenvalue weighted by atomic mass is 10.3. The lowest BCUT2D eigenvalue weighted by molar-refractivity contribution is -0.141. The first-order valence-electron chi connectivity index (χ1n) is 10.2. The number of halogens is 1. The number of esters is 1. The Labute approximate surface area is 193 Å². The van der Waals surface area contributed by atoms with Gasteiger partial charge in [0.2, 0.25) is 0 Å². The highest BCUT2D eigenvalue weighted by Gasteiger charge is 2.34. The van der Waals surface area contributed by atoms with Gasteiger partial charge in [-0.25, -0.2) is 24.4 Å². The van der Waals surface area contributed by atoms with Crippen LogP contribution in [0.3, 0.4) is 0 Å². The average Bonchev–Trinajstić information content (AvgIpc) is 3.41. The fourth-order valence-corrected chi connectivity index (χ4v) is 4.48. The highest BCUT2D eigenvalue weighted by atomic mass is 31.2. The van der Waals surface area contributed by atoms with Gasteiger partial charge in [0.25, 0.3) is 0 Å². The molecule has 0 saturated carbocycles. The van der Waals surface area contributed by atoms with E-state index in [4.69, 9.17) is 24.5 Å². The fraction of sp³-hybridized carbons (Fsp3) is 0.300. The minimum absolute atomic E-state index is 0.144. The van der Waals surface area contributed by atoms with Crippen LogP contribution in [0.15, 0.2) is 54.9 Å². The second kappa shape index (κ2) is 10.3. The molecule has 3 unspecified atom stereocenters. The second-order valence-electron chi connectivity index (χ2n) is 7.00. The summed E-state index contributed by atoms with van der Waals surface area (Å²) in [6.07, 6.45) is 0.694. The first-order valence-corrected chi connectivity index (χ1v) is 12.0. The largest absolute Gasteiger partial charge is 0.465 e. The van der Waals surface area contributed by atoms with Gasteiger partial charge in [0.05, 0.1) is 12.9 Å². The lowest BCUT2D eigenvalue weighted by Gasteiger charge is -2.22. The zero-order chi connectivity index (χ0) is 24.1. The SMILES string of the molecule is CCOC(=O)CNP(=O)(COC1C=C(F)C(n2cnc3c(N)ncnc32)O1)Oc1ccccc1. The van der Waals surface area contributed by atoms with Crippen molar-refractivity contribution < 1.29 is 32.5 Å². The van der Waals surface area contributed by atoms with Gasteiger partial charge >= 0.3 is 13.5 Å². The predicted octanol–water partition coefficient (Wildman–Crippen LogP) is 2.52. The maximum atomic E-state index is 14.7. The molecular weight excluding hydrogens is 470 g/mol. The summed E-state index contributed by atoms with van der Waals surface area (Å²) in [5.41, 5.74) is 6.34. The summed E-state index contributed by atoms with van der Waals surface area (Å²) in [6.45, 7) is 1.45. The number of nitrogens with two attached hydrogens (primary N) is 1. The van der Waals surface area contributed by atoms with E-state index >= 15 is 0 Å². The first kappa shape index (κ1) is 23.8. The molecule has 3 heterocycles. The molecule has 0 amide bonds. The van der Waals surface area contributed by atoms with E-state index in [1.807, 2.05) is 0 Å². The number of hydrogen-bond acceptors (Lipinski definition) is 10. The number of anilines is 1. The third-order valence-corrected chi connectivity index (χ3v) is 6.24. The van der Waals surface area contributed by atoms with E-state index in [-0.39, 0.29) is 24.6 Å². The van der Waals surface area contributed by atoms with Crippen LogP contribution in [0.4, 0.5) is 10.2 Å². The van der Waals surface area contributed by atoms with E-state index in [1.54, 1.807) is 37.3 Å². The Hall–Kier alpha value is -3.38. The molecule has 34 heavy (non-hydrogen) atoms. The van der Waals surface area contributed by atoms with Gasteiger partial charge in [0, 0.05) is 6.08 Å². The topological polar surface area (TPSA) is 153 Å². The standard InChI is InChI=1S/C20H22FN6O6P/c1-2-30-15(28)9-26-34(29,33-13-6-4-3-5-7-13)12-31-16-8-14(21)20(32-16)27-11-25-17-18(22)23-10-24-19(17)27/h3-8,10-11,16,20H,2,9,12H2,1H3,(H,26,29)(H2,22,23,24). The molecule has 0 saturated heterocycles. The summed E-state index contributed by atoms with van der Waals surface area (Å²) in [7, 11) is -3.78. The van der Waals surface area contributed by atoms with Gasteiger partial charge in [-0.2, -0.15) is 0 Å². The third-order valence-electron chi connectivity index (χ3n) is 4.61. The molecule has 3 atom stereocenters. The quantitative estimate of drug-likeness (QED) is 0.317. The number of nitrogen functional groups attached to an aromatic ring is 1. The number of aromatic nitrogens is 4. The maximum Gasteiger partial charge on any atom is 0.342 e. The van der Waals surface area contributed by atoms with Crippen LogP contribution in [0.1, 0.15) is 13.2 Å². The third kappa shape index (κ3) is 5.39. The summed E-state index contributed by atoms with van der Waals surface area (Å²) in [5, 5.41) is 2.55. The summed E-state index contributed by atoms with van der Waals surface area (Å²) < 4.78 is 51.0. The molecule has 1 aliphatic rings. The number of nitrogens with one attached hydrogen (secondary N) is 1. The number of imidazole rings is 1. The summed E-state index contributed by atoms with van der Waals surface area (Å²) in [6, 6.07) is 8.34. The van der Waals surface area contributed by atoms with Crippen LogP contribution in [0.5, 0.6) is 5.75 Å². The molecule has 2 aromatic heterocycles. The molecule has 0 fully saturated rings. The Morgan fingerprint density at radius 3 is 2.85 bits per heavy atom. The molecule has 1 aromatic carbocycles. The second-order valence-corrected chi connectivity index (χ2v) is 9.11. The van der Waals surface area contributed by atoms with Gasteiger partial charge < -0.3 is 24.5 Å². The Morgan fingerprint density at radius 2 is 2.09 bits per heavy atom. The van der Waals surface area contributed by atoms with E-state index in [0.717, 1.165) is 6.08 Å². The smallest absolute Gasteiger partial charge is 0.342 e. The van der Waals surface area contributed by atoms with Gasteiger partial charge in [-0.15, -0.1) is 0 Å². The molecule has 0 aliphatic carbocycles. The lowest BCUT2D eigenvalue weighted by Crippen LogP contribution is -2.27. The van der Waals surface area contributed by atoms with E-state index < -0.39 is 38.2 Å². The van der Waals surface area contributed by atoms with Crippen LogP contribution < -0.4 is 15.3 Å². The van der Waals surface area contributed by atoms with Gasteiger partial charge in [-0.1, -0.05) is 18.2 Å². The van der Waals surface area contributed by atoms with Crippen molar-refractivity contribution in [3.8, 4) is 5.75 Å². The predicted molar refractivity (Wildman–Crippen MR) is 118 cm³/mol. The van der Waals surface area contributed by atoms with Gasteiger partial charge in [0.15, 0.2) is 36.2 Å². The zero-order valence-corrected chi connectivity index (χ0v) is 18.9. The van der Waals surface area contributed by atoms with Gasteiger partial charge in [-0.3, -0.25) is 13.9 Å². The van der Waals surface area contributed by atoms with E-state index in [9.17, 15) is 13.8 Å². The highest BCUT2D eigenvalue weighted by molar-refractivity contribution is 7.57. The number of carbonyl (C=O) groups excluding carboxylic acids is 1. The summed E-state index contributed by atoms with van der Waals surface area (Å²) >= 11 is 0. The van der Waals surface area contributed by atoms with Crippen LogP contribution in [0.25, 0.3) is 11.2 Å². The minimum Gasteiger partial charge on any atom is -0.465 e. The van der Waals surface area contributed by atoms with Crippen LogP contribution >= 0.6 is 7.52 Å². The molecule has 4 rings (SSSR count). The van der Waals surface area contributed by atoms with Crippen molar-refractivity contribution in [2.24, 2.45) is 0 Å². The van der Waals surface area contributed by atoms with Crippen LogP contribution in [-0.4, -0.2) is 51.3 Å². The molecule has 0 bridgehead atoms. The van der Waals surface area contributed by atoms with Crippen molar-refractivity contribution in [3.05, 3.63) is 54.9 Å². The number of hydrogen-bond donors (Lipinski definition) is 2. The first-order chi connectivity index (χ1) is 16.4. The van der Waals surface area contributed by atoms with E-state index in [0.29, 0.717) is 11.3 Å². The maximum absolute atomic E-state index is 14.7. The number of benzene rings is 1. The molecule has 3 aromatic rings. The van der Waals surface area contributed by atoms with Crippen molar-refractivity contribution >= 4 is 30.5 Å². The number of ether oxygens (including phenoxy) is 3.